The molecular formula is C14H24Cl2N4O. The predicted molar refractivity (Wildman–Crippen MR) is 90.2 cm³/mol. The van der Waals surface area contributed by atoms with Gasteiger partial charge in [-0.15, -0.1) is 24.8 Å². The Balaban J connectivity index is 0.00000200. The van der Waals surface area contributed by atoms with Crippen LogP contribution >= 0.6 is 24.8 Å². The van der Waals surface area contributed by atoms with E-state index in [1.807, 2.05) is 18.2 Å². The molecule has 1 aromatic rings. The molecule has 0 aliphatic heterocycles. The van der Waals surface area contributed by atoms with Crippen molar-refractivity contribution >= 4 is 36.5 Å². The Kier molecular flexibility index (Phi) is 9.33. The van der Waals surface area contributed by atoms with Gasteiger partial charge in [-0.2, -0.15) is 0 Å². The van der Waals surface area contributed by atoms with Gasteiger partial charge in [0.15, 0.2) is 0 Å². The number of hydrogen-bond donors (Lipinski definition) is 3. The topological polar surface area (TPSA) is 80.0 Å². The molecule has 0 bridgehead atoms. The second-order valence-corrected chi connectivity index (χ2v) is 5.11. The molecule has 1 heterocycles. The maximum atomic E-state index is 11.9. The highest BCUT2D eigenvalue weighted by atomic mass is 35.5. The summed E-state index contributed by atoms with van der Waals surface area (Å²) in [5, 5.41) is 6.13. The fourth-order valence-corrected chi connectivity index (χ4v) is 2.38. The van der Waals surface area contributed by atoms with E-state index in [-0.39, 0.29) is 30.7 Å². The highest BCUT2D eigenvalue weighted by Gasteiger charge is 2.36. The van der Waals surface area contributed by atoms with Gasteiger partial charge in [0.25, 0.3) is 0 Å². The molecule has 1 fully saturated rings. The van der Waals surface area contributed by atoms with Gasteiger partial charge >= 0.3 is 0 Å². The van der Waals surface area contributed by atoms with Gasteiger partial charge in [0.05, 0.1) is 5.54 Å². The molecule has 1 aliphatic rings. The monoisotopic (exact) mass is 334 g/mol. The molecule has 21 heavy (non-hydrogen) atoms. The first-order chi connectivity index (χ1) is 9.21. The third-order valence-electron chi connectivity index (χ3n) is 3.56. The minimum Gasteiger partial charge on any atom is -0.370 e. The van der Waals surface area contributed by atoms with Gasteiger partial charge < -0.3 is 16.4 Å². The maximum Gasteiger partial charge on any atom is 0.240 e. The highest BCUT2D eigenvalue weighted by molar-refractivity contribution is 5.86. The number of pyridine rings is 1. The number of carbonyl (C=O) groups is 1. The van der Waals surface area contributed by atoms with E-state index in [9.17, 15) is 4.79 Å². The molecule has 0 aromatic carbocycles. The lowest BCUT2D eigenvalue weighted by molar-refractivity contribution is -0.126. The molecule has 0 atom stereocenters. The van der Waals surface area contributed by atoms with E-state index in [1.165, 1.54) is 0 Å². The van der Waals surface area contributed by atoms with Crippen LogP contribution in [0.3, 0.4) is 0 Å². The largest absolute Gasteiger partial charge is 0.370 e. The van der Waals surface area contributed by atoms with Crippen molar-refractivity contribution in [2.75, 3.05) is 18.4 Å². The van der Waals surface area contributed by atoms with Crippen molar-refractivity contribution in [1.29, 1.82) is 0 Å². The number of anilines is 1. The lowest BCUT2D eigenvalue weighted by atomic mass is 9.98. The van der Waals surface area contributed by atoms with Gasteiger partial charge in [-0.05, 0) is 31.4 Å². The van der Waals surface area contributed by atoms with Crippen molar-refractivity contribution < 1.29 is 4.79 Å². The predicted octanol–water partition coefficient (Wildman–Crippen LogP) is 2.11. The summed E-state index contributed by atoms with van der Waals surface area (Å²) >= 11 is 0. The van der Waals surface area contributed by atoms with Crippen molar-refractivity contribution in [2.24, 2.45) is 5.73 Å². The van der Waals surface area contributed by atoms with E-state index in [0.29, 0.717) is 6.54 Å². The molecule has 120 valence electrons. The Morgan fingerprint density at radius 1 is 1.24 bits per heavy atom. The van der Waals surface area contributed by atoms with Crippen LogP contribution in [-0.4, -0.2) is 29.5 Å². The molecule has 7 heteroatoms. The zero-order valence-corrected chi connectivity index (χ0v) is 13.6. The minimum absolute atomic E-state index is 0. The molecule has 1 aliphatic carbocycles. The van der Waals surface area contributed by atoms with Gasteiger partial charge in [-0.25, -0.2) is 4.98 Å². The Morgan fingerprint density at radius 2 is 1.95 bits per heavy atom. The van der Waals surface area contributed by atoms with Crippen LogP contribution in [0.1, 0.15) is 32.1 Å². The van der Waals surface area contributed by atoms with Crippen LogP contribution in [0.5, 0.6) is 0 Å². The molecular weight excluding hydrogens is 311 g/mol. The molecule has 0 radical (unpaired) electrons. The first-order valence-corrected chi connectivity index (χ1v) is 6.93. The molecule has 1 saturated carbocycles. The lowest BCUT2D eigenvalue weighted by Crippen LogP contribution is -2.52. The molecule has 4 N–H and O–H groups in total. The summed E-state index contributed by atoms with van der Waals surface area (Å²) in [5.74, 6) is 0.864. The Labute approximate surface area is 138 Å². The van der Waals surface area contributed by atoms with Crippen LogP contribution in [0, 0.1) is 0 Å². The number of rotatable bonds is 6. The summed E-state index contributed by atoms with van der Waals surface area (Å²) in [6.45, 7) is 1.44. The molecule has 1 amide bonds. The Morgan fingerprint density at radius 3 is 2.57 bits per heavy atom. The maximum absolute atomic E-state index is 11.9. The molecule has 1 aromatic heterocycles. The van der Waals surface area contributed by atoms with E-state index in [1.54, 1.807) is 6.20 Å². The quantitative estimate of drug-likeness (QED) is 0.696. The van der Waals surface area contributed by atoms with Crippen molar-refractivity contribution in [2.45, 2.75) is 37.6 Å². The van der Waals surface area contributed by atoms with Crippen molar-refractivity contribution in [3.05, 3.63) is 24.4 Å². The smallest absolute Gasteiger partial charge is 0.240 e. The number of nitrogens with one attached hydrogen (secondary N) is 2. The highest BCUT2D eigenvalue weighted by Crippen LogP contribution is 2.27. The average molecular weight is 335 g/mol. The number of amides is 1. The Hall–Kier alpha value is -1.04. The SMILES string of the molecule is Cl.Cl.NC1(C(=O)NCCCNc2ccccn2)CCCC1. The summed E-state index contributed by atoms with van der Waals surface area (Å²) in [5.41, 5.74) is 5.45. The zero-order chi connectivity index (χ0) is 13.6. The zero-order valence-electron chi connectivity index (χ0n) is 12.0. The standard InChI is InChI=1S/C14H22N4O.2ClH/c15-14(7-2-3-8-14)13(19)18-11-5-10-17-12-6-1-4-9-16-12;;/h1,4,6,9H,2-3,5,7-8,10-11,15H2,(H,16,17)(H,18,19);2*1H. The van der Waals surface area contributed by atoms with Gasteiger partial charge in [0.1, 0.15) is 5.82 Å². The molecule has 0 saturated heterocycles. The number of aromatic nitrogens is 1. The Bertz CT molecular complexity index is 411. The second-order valence-electron chi connectivity index (χ2n) is 5.11. The van der Waals surface area contributed by atoms with Crippen LogP contribution in [0.15, 0.2) is 24.4 Å². The van der Waals surface area contributed by atoms with E-state index >= 15 is 0 Å². The number of halogens is 2. The fraction of sp³-hybridized carbons (Fsp3) is 0.571. The summed E-state index contributed by atoms with van der Waals surface area (Å²) in [6.07, 6.45) is 6.35. The molecule has 0 spiro atoms. The van der Waals surface area contributed by atoms with Crippen molar-refractivity contribution in [3.8, 4) is 0 Å². The summed E-state index contributed by atoms with van der Waals surface area (Å²) in [4.78, 5) is 16.1. The third-order valence-corrected chi connectivity index (χ3v) is 3.56. The van der Waals surface area contributed by atoms with Gasteiger partial charge in [0.2, 0.25) is 5.91 Å². The summed E-state index contributed by atoms with van der Waals surface area (Å²) in [7, 11) is 0. The van der Waals surface area contributed by atoms with Gasteiger partial charge in [-0.3, -0.25) is 4.79 Å². The number of hydrogen-bond acceptors (Lipinski definition) is 4. The molecule has 2 rings (SSSR count). The van der Waals surface area contributed by atoms with E-state index in [0.717, 1.165) is 44.5 Å². The molecule has 5 nitrogen and oxygen atoms in total. The van der Waals surface area contributed by atoms with Crippen LogP contribution < -0.4 is 16.4 Å². The summed E-state index contributed by atoms with van der Waals surface area (Å²) < 4.78 is 0. The first-order valence-electron chi connectivity index (χ1n) is 6.93. The minimum atomic E-state index is -0.617. The van der Waals surface area contributed by atoms with E-state index in [2.05, 4.69) is 15.6 Å². The number of nitrogens with two attached hydrogens (primary N) is 1. The average Bonchev–Trinajstić information content (AvgIpc) is 2.88. The van der Waals surface area contributed by atoms with Gasteiger partial charge in [-0.1, -0.05) is 18.9 Å². The number of carbonyl (C=O) groups excluding carboxylic acids is 1. The van der Waals surface area contributed by atoms with Crippen LogP contribution in [0.25, 0.3) is 0 Å². The van der Waals surface area contributed by atoms with E-state index in [4.69, 9.17) is 5.73 Å². The second kappa shape index (κ2) is 9.82. The van der Waals surface area contributed by atoms with Crippen LogP contribution in [0.2, 0.25) is 0 Å². The third kappa shape index (κ3) is 6.08. The lowest BCUT2D eigenvalue weighted by Gasteiger charge is -2.22. The van der Waals surface area contributed by atoms with E-state index < -0.39 is 5.54 Å². The number of nitrogens with zero attached hydrogens (tertiary/aromatic N) is 1. The van der Waals surface area contributed by atoms with Crippen LogP contribution in [-0.2, 0) is 4.79 Å². The molecule has 0 unspecified atom stereocenters. The normalized spacial score (nSPS) is 15.5. The fourth-order valence-electron chi connectivity index (χ4n) is 2.38. The van der Waals surface area contributed by atoms with Gasteiger partial charge in [0, 0.05) is 19.3 Å². The summed E-state index contributed by atoms with van der Waals surface area (Å²) in [6, 6.07) is 5.75. The van der Waals surface area contributed by atoms with Crippen molar-refractivity contribution in [1.82, 2.24) is 10.3 Å². The first kappa shape index (κ1) is 20.0. The van der Waals surface area contributed by atoms with Crippen LogP contribution in [0.4, 0.5) is 5.82 Å². The van der Waals surface area contributed by atoms with Crippen molar-refractivity contribution in [3.63, 3.8) is 0 Å².